The topological polar surface area (TPSA) is 64.9 Å². The van der Waals surface area contributed by atoms with Crippen LogP contribution in [0.5, 0.6) is 0 Å². The van der Waals surface area contributed by atoms with Crippen LogP contribution in [0.2, 0.25) is 5.02 Å². The van der Waals surface area contributed by atoms with Gasteiger partial charge in [-0.15, -0.1) is 0 Å². The highest BCUT2D eigenvalue weighted by atomic mass is 35.5. The van der Waals surface area contributed by atoms with E-state index in [1.54, 1.807) is 0 Å². The van der Waals surface area contributed by atoms with Crippen molar-refractivity contribution in [2.45, 2.75) is 18.9 Å². The fraction of sp³-hybridized carbons (Fsp3) is 0.200. The van der Waals surface area contributed by atoms with E-state index >= 15 is 0 Å². The largest absolute Gasteiger partial charge is 0.511 e. The van der Waals surface area contributed by atoms with Crippen molar-refractivity contribution in [2.75, 3.05) is 18.4 Å². The number of aliphatic hydroxyl groups is 1. The normalized spacial score (nSPS) is 18.5. The number of aliphatic hydroxyl groups excluding tert-OH is 1. The molecule has 156 valence electrons. The van der Waals surface area contributed by atoms with Gasteiger partial charge in [0.1, 0.15) is 17.2 Å². The van der Waals surface area contributed by atoms with Crippen molar-refractivity contribution in [1.29, 1.82) is 0 Å². The van der Waals surface area contributed by atoms with E-state index in [0.717, 1.165) is 29.3 Å². The van der Waals surface area contributed by atoms with Crippen LogP contribution in [0.3, 0.4) is 0 Å². The molecular weight excluding hydrogens is 410 g/mol. The van der Waals surface area contributed by atoms with E-state index in [1.165, 1.54) is 0 Å². The van der Waals surface area contributed by atoms with E-state index in [0.29, 0.717) is 29.5 Å². The first-order chi connectivity index (χ1) is 15.1. The Morgan fingerprint density at radius 3 is 2.68 bits per heavy atom. The summed E-state index contributed by atoms with van der Waals surface area (Å²) < 4.78 is 0. The van der Waals surface area contributed by atoms with E-state index in [4.69, 9.17) is 11.6 Å². The number of nitrogens with zero attached hydrogens (tertiary/aromatic N) is 2. The van der Waals surface area contributed by atoms with Crippen LogP contribution >= 0.6 is 11.6 Å². The van der Waals surface area contributed by atoms with Crippen LogP contribution in [0.15, 0.2) is 83.1 Å². The number of aliphatic imine (C=N–C) groups is 1. The number of amidine groups is 1. The van der Waals surface area contributed by atoms with Crippen molar-refractivity contribution < 1.29 is 9.90 Å². The molecule has 0 saturated heterocycles. The number of hydrogen-bond acceptors (Lipinski definition) is 4. The number of carbonyl (C=O) groups excluding carboxylic acids is 1. The smallest absolute Gasteiger partial charge is 0.262 e. The summed E-state index contributed by atoms with van der Waals surface area (Å²) in [6.45, 7) is 1.42. The van der Waals surface area contributed by atoms with Gasteiger partial charge in [0.25, 0.3) is 5.91 Å². The summed E-state index contributed by atoms with van der Waals surface area (Å²) in [7, 11) is 0. The summed E-state index contributed by atoms with van der Waals surface area (Å²) in [5.41, 5.74) is 2.02. The first kappa shape index (κ1) is 19.6. The minimum Gasteiger partial charge on any atom is -0.511 e. The Kier molecular flexibility index (Phi) is 5.12. The van der Waals surface area contributed by atoms with E-state index < -0.39 is 0 Å². The van der Waals surface area contributed by atoms with Gasteiger partial charge in [0.15, 0.2) is 0 Å². The fourth-order valence-electron chi connectivity index (χ4n) is 4.41. The van der Waals surface area contributed by atoms with Crippen molar-refractivity contribution in [3.05, 3.63) is 88.6 Å². The Morgan fingerprint density at radius 2 is 1.84 bits per heavy atom. The molecule has 6 heteroatoms. The lowest BCUT2D eigenvalue weighted by atomic mass is 9.92. The van der Waals surface area contributed by atoms with E-state index in [2.05, 4.69) is 15.2 Å². The average molecular weight is 432 g/mol. The molecule has 1 amide bonds. The molecule has 3 aromatic carbocycles. The molecule has 2 aliphatic rings. The third-order valence-electron chi connectivity index (χ3n) is 5.89. The SMILES string of the molecule is O=C(Nc1cccc2ccccc12)C1=C(O)C[C@@H](c2ccc(Cl)cc2)N2CCCN=C12. The summed E-state index contributed by atoms with van der Waals surface area (Å²) in [5.74, 6) is 0.288. The predicted molar refractivity (Wildman–Crippen MR) is 125 cm³/mol. The van der Waals surface area contributed by atoms with Crippen LogP contribution in [-0.4, -0.2) is 34.8 Å². The second-order valence-electron chi connectivity index (χ2n) is 7.83. The van der Waals surface area contributed by atoms with Gasteiger partial charge >= 0.3 is 0 Å². The van der Waals surface area contributed by atoms with Crippen LogP contribution in [0.25, 0.3) is 10.8 Å². The maximum Gasteiger partial charge on any atom is 0.262 e. The minimum atomic E-state index is -0.339. The number of rotatable bonds is 3. The molecule has 0 aromatic heterocycles. The molecule has 1 atom stereocenters. The molecule has 5 rings (SSSR count). The highest BCUT2D eigenvalue weighted by Crippen LogP contribution is 2.37. The summed E-state index contributed by atoms with van der Waals surface area (Å²) in [6, 6.07) is 21.2. The number of halogens is 1. The molecule has 0 bridgehead atoms. The molecule has 31 heavy (non-hydrogen) atoms. The van der Waals surface area contributed by atoms with Crippen LogP contribution in [0.1, 0.15) is 24.4 Å². The monoisotopic (exact) mass is 431 g/mol. The third kappa shape index (κ3) is 3.66. The fourth-order valence-corrected chi connectivity index (χ4v) is 4.53. The zero-order chi connectivity index (χ0) is 21.4. The Balaban J connectivity index is 1.50. The highest BCUT2D eigenvalue weighted by Gasteiger charge is 2.37. The molecule has 0 radical (unpaired) electrons. The molecule has 2 heterocycles. The second kappa shape index (κ2) is 8.08. The van der Waals surface area contributed by atoms with Crippen LogP contribution in [-0.2, 0) is 4.79 Å². The van der Waals surface area contributed by atoms with Gasteiger partial charge in [-0.25, -0.2) is 0 Å². The van der Waals surface area contributed by atoms with Gasteiger partial charge in [-0.3, -0.25) is 9.79 Å². The maximum absolute atomic E-state index is 13.3. The minimum absolute atomic E-state index is 0.0644. The van der Waals surface area contributed by atoms with Gasteiger partial charge in [-0.1, -0.05) is 60.1 Å². The quantitative estimate of drug-likeness (QED) is 0.576. The number of amides is 1. The first-order valence-corrected chi connectivity index (χ1v) is 10.8. The standard InChI is InChI=1S/C25H22ClN3O2/c26-18-11-9-17(10-12-18)21-15-22(30)23(24-27-13-4-14-29(21)24)25(31)28-20-8-3-6-16-5-1-2-7-19(16)20/h1-3,5-12,21,30H,4,13-15H2,(H,28,31)/t21-/m0/s1. The van der Waals surface area contributed by atoms with Crippen molar-refractivity contribution >= 4 is 39.8 Å². The molecule has 3 aromatic rings. The average Bonchev–Trinajstić information content (AvgIpc) is 2.79. The molecule has 0 spiro atoms. The van der Waals surface area contributed by atoms with Gasteiger partial charge in [0.2, 0.25) is 0 Å². The Morgan fingerprint density at radius 1 is 1.06 bits per heavy atom. The second-order valence-corrected chi connectivity index (χ2v) is 8.26. The number of benzene rings is 3. The molecule has 5 nitrogen and oxygen atoms in total. The van der Waals surface area contributed by atoms with Gasteiger partial charge < -0.3 is 15.3 Å². The van der Waals surface area contributed by atoms with Crippen molar-refractivity contribution in [2.24, 2.45) is 4.99 Å². The number of nitrogens with one attached hydrogen (secondary N) is 1. The maximum atomic E-state index is 13.3. The van der Waals surface area contributed by atoms with E-state index in [1.807, 2.05) is 66.7 Å². The molecule has 0 unspecified atom stereocenters. The zero-order valence-corrected chi connectivity index (χ0v) is 17.6. The van der Waals surface area contributed by atoms with Gasteiger partial charge in [0.05, 0.1) is 6.04 Å². The highest BCUT2D eigenvalue weighted by molar-refractivity contribution is 6.30. The number of anilines is 1. The lowest BCUT2D eigenvalue weighted by molar-refractivity contribution is -0.112. The first-order valence-electron chi connectivity index (χ1n) is 10.4. The Labute approximate surface area is 185 Å². The zero-order valence-electron chi connectivity index (χ0n) is 16.9. The summed E-state index contributed by atoms with van der Waals surface area (Å²) in [5, 5.41) is 16.6. The summed E-state index contributed by atoms with van der Waals surface area (Å²) in [6.07, 6.45) is 1.26. The third-order valence-corrected chi connectivity index (χ3v) is 6.14. The molecular formula is C25H22ClN3O2. The molecule has 0 fully saturated rings. The lowest BCUT2D eigenvalue weighted by Gasteiger charge is -2.41. The molecule has 2 aliphatic heterocycles. The van der Waals surface area contributed by atoms with Gasteiger partial charge in [-0.05, 0) is 35.6 Å². The lowest BCUT2D eigenvalue weighted by Crippen LogP contribution is -2.45. The predicted octanol–water partition coefficient (Wildman–Crippen LogP) is 5.49. The van der Waals surface area contributed by atoms with E-state index in [-0.39, 0.29) is 23.3 Å². The van der Waals surface area contributed by atoms with E-state index in [9.17, 15) is 9.90 Å². The van der Waals surface area contributed by atoms with Gasteiger partial charge in [-0.2, -0.15) is 0 Å². The number of carbonyl (C=O) groups is 1. The Hall–Kier alpha value is -3.31. The molecule has 0 aliphatic carbocycles. The van der Waals surface area contributed by atoms with Crippen LogP contribution in [0.4, 0.5) is 5.69 Å². The van der Waals surface area contributed by atoms with Gasteiger partial charge in [0, 0.05) is 35.6 Å². The van der Waals surface area contributed by atoms with Crippen molar-refractivity contribution in [3.8, 4) is 0 Å². The summed E-state index contributed by atoms with van der Waals surface area (Å²) in [4.78, 5) is 20.1. The van der Waals surface area contributed by atoms with Crippen LogP contribution < -0.4 is 5.32 Å². The van der Waals surface area contributed by atoms with Crippen molar-refractivity contribution in [1.82, 2.24) is 4.90 Å². The number of hydrogen-bond donors (Lipinski definition) is 2. The Bertz CT molecular complexity index is 1210. The molecule has 0 saturated carbocycles. The van der Waals surface area contributed by atoms with Crippen molar-refractivity contribution in [3.63, 3.8) is 0 Å². The number of fused-ring (bicyclic) bond motifs is 2. The molecule has 2 N–H and O–H groups in total. The summed E-state index contributed by atoms with van der Waals surface area (Å²) >= 11 is 6.05. The van der Waals surface area contributed by atoms with Crippen LogP contribution in [0, 0.1) is 0 Å².